The lowest BCUT2D eigenvalue weighted by Gasteiger charge is -2.13. The number of carbonyl (C=O) groups is 1. The Labute approximate surface area is 152 Å². The summed E-state index contributed by atoms with van der Waals surface area (Å²) in [5.41, 5.74) is -0.441. The quantitative estimate of drug-likeness (QED) is 0.711. The van der Waals surface area contributed by atoms with Crippen LogP contribution in [0.2, 0.25) is 0 Å². The molecular formula is C16H14FN3O4S2. The highest BCUT2D eigenvalue weighted by atomic mass is 32.2. The number of halogens is 1. The van der Waals surface area contributed by atoms with Crippen LogP contribution in [0, 0.1) is 5.82 Å². The van der Waals surface area contributed by atoms with E-state index in [9.17, 15) is 22.4 Å². The van der Waals surface area contributed by atoms with E-state index in [-0.39, 0.29) is 11.4 Å². The minimum absolute atomic E-state index is 0.0583. The molecule has 0 fully saturated rings. The first-order valence-corrected chi connectivity index (χ1v) is 10.1. The third-order valence-corrected chi connectivity index (χ3v) is 6.49. The van der Waals surface area contributed by atoms with Gasteiger partial charge in [-0.1, -0.05) is 12.1 Å². The molecule has 0 aliphatic heterocycles. The van der Waals surface area contributed by atoms with Gasteiger partial charge in [-0.2, -0.15) is 0 Å². The van der Waals surface area contributed by atoms with E-state index in [0.29, 0.717) is 4.96 Å². The molecular weight excluding hydrogens is 381 g/mol. The number of thiazole rings is 1. The van der Waals surface area contributed by atoms with Crippen molar-refractivity contribution >= 4 is 37.7 Å². The van der Waals surface area contributed by atoms with E-state index >= 15 is 0 Å². The first-order valence-electron chi connectivity index (χ1n) is 7.51. The zero-order chi connectivity index (χ0) is 18.9. The summed E-state index contributed by atoms with van der Waals surface area (Å²) < 4.78 is 39.9. The Morgan fingerprint density at radius 2 is 2.12 bits per heavy atom. The van der Waals surface area contributed by atoms with Crippen molar-refractivity contribution in [2.75, 3.05) is 5.32 Å². The third kappa shape index (κ3) is 3.65. The summed E-state index contributed by atoms with van der Waals surface area (Å²) in [5, 5.41) is 2.48. The van der Waals surface area contributed by atoms with Gasteiger partial charge in [0.15, 0.2) is 14.8 Å². The Morgan fingerprint density at radius 3 is 2.85 bits per heavy atom. The van der Waals surface area contributed by atoms with Crippen LogP contribution in [0.1, 0.15) is 12.6 Å². The highest BCUT2D eigenvalue weighted by Gasteiger charge is 2.29. The Hall–Kier alpha value is -2.59. The van der Waals surface area contributed by atoms with Gasteiger partial charge in [-0.05, 0) is 19.1 Å². The Balaban J connectivity index is 1.81. The summed E-state index contributed by atoms with van der Waals surface area (Å²) in [7, 11) is -3.95. The minimum atomic E-state index is -3.95. The van der Waals surface area contributed by atoms with Crippen LogP contribution in [0.15, 0.2) is 46.7 Å². The fraction of sp³-hybridized carbons (Fsp3) is 0.188. The second kappa shape index (κ2) is 6.96. The molecule has 3 rings (SSSR count). The number of nitrogens with one attached hydrogen (secondary N) is 1. The molecule has 0 saturated carbocycles. The molecule has 0 spiro atoms. The number of rotatable bonds is 5. The van der Waals surface area contributed by atoms with Crippen LogP contribution in [0.4, 0.5) is 10.1 Å². The fourth-order valence-electron chi connectivity index (χ4n) is 2.25. The number of amides is 1. The molecule has 0 saturated heterocycles. The zero-order valence-electron chi connectivity index (χ0n) is 13.5. The summed E-state index contributed by atoms with van der Waals surface area (Å²) in [6.45, 7) is 1.21. The fourth-order valence-corrected chi connectivity index (χ4v) is 4.19. The first kappa shape index (κ1) is 18.2. The number of anilines is 1. The lowest BCUT2D eigenvalue weighted by Crippen LogP contribution is -2.34. The van der Waals surface area contributed by atoms with Crippen LogP contribution in [-0.4, -0.2) is 29.0 Å². The molecule has 0 aliphatic rings. The van der Waals surface area contributed by atoms with Gasteiger partial charge < -0.3 is 5.32 Å². The van der Waals surface area contributed by atoms with Gasteiger partial charge >= 0.3 is 0 Å². The van der Waals surface area contributed by atoms with Crippen LogP contribution >= 0.6 is 11.3 Å². The highest BCUT2D eigenvalue weighted by Crippen LogP contribution is 2.16. The second-order valence-corrected chi connectivity index (χ2v) is 8.75. The van der Waals surface area contributed by atoms with E-state index in [1.165, 1.54) is 47.1 Å². The lowest BCUT2D eigenvalue weighted by atomic mass is 10.3. The number of aromatic nitrogens is 2. The summed E-state index contributed by atoms with van der Waals surface area (Å²) in [6.07, 6.45) is 1.54. The Bertz CT molecular complexity index is 1140. The van der Waals surface area contributed by atoms with Crippen molar-refractivity contribution < 1.29 is 17.6 Å². The first-order chi connectivity index (χ1) is 12.3. The van der Waals surface area contributed by atoms with E-state index in [1.807, 2.05) is 0 Å². The second-order valence-electron chi connectivity index (χ2n) is 5.56. The molecule has 10 heteroatoms. The monoisotopic (exact) mass is 395 g/mol. The molecule has 136 valence electrons. The Morgan fingerprint density at radius 1 is 1.38 bits per heavy atom. The third-order valence-electron chi connectivity index (χ3n) is 3.74. The van der Waals surface area contributed by atoms with Crippen molar-refractivity contribution in [1.29, 1.82) is 0 Å². The molecule has 1 aromatic carbocycles. The van der Waals surface area contributed by atoms with Crippen molar-refractivity contribution in [3.63, 3.8) is 0 Å². The van der Waals surface area contributed by atoms with Gasteiger partial charge in [0.05, 0.1) is 17.1 Å². The molecule has 26 heavy (non-hydrogen) atoms. The van der Waals surface area contributed by atoms with Gasteiger partial charge in [0.25, 0.3) is 5.56 Å². The molecule has 0 unspecified atom stereocenters. The summed E-state index contributed by atoms with van der Waals surface area (Å²) >= 11 is 1.20. The average Bonchev–Trinajstić information content (AvgIpc) is 3.04. The molecule has 1 atom stereocenters. The molecule has 3 aromatic rings. The molecule has 0 radical (unpaired) electrons. The number of hydrogen-bond donors (Lipinski definition) is 1. The number of fused-ring (bicyclic) bond motifs is 1. The predicted molar refractivity (Wildman–Crippen MR) is 96.5 cm³/mol. The highest BCUT2D eigenvalue weighted by molar-refractivity contribution is 7.92. The summed E-state index contributed by atoms with van der Waals surface area (Å²) in [4.78, 5) is 28.6. The molecule has 0 bridgehead atoms. The van der Waals surface area contributed by atoms with E-state index in [4.69, 9.17) is 0 Å². The Kier molecular flexibility index (Phi) is 4.88. The summed E-state index contributed by atoms with van der Waals surface area (Å²) in [6, 6.07) is 6.59. The maximum Gasteiger partial charge on any atom is 0.258 e. The van der Waals surface area contributed by atoms with Crippen molar-refractivity contribution in [2.24, 2.45) is 0 Å². The van der Waals surface area contributed by atoms with E-state index < -0.39 is 38.1 Å². The number of hydrogen-bond acceptors (Lipinski definition) is 6. The number of sulfone groups is 1. The average molecular weight is 395 g/mol. The lowest BCUT2D eigenvalue weighted by molar-refractivity contribution is -0.115. The SMILES string of the molecule is C[C@@H](C(=O)Nc1ccccc1F)S(=O)(=O)Cc1cc(=O)n2ccsc2n1. The van der Waals surface area contributed by atoms with E-state index in [2.05, 4.69) is 10.3 Å². The number of para-hydroxylation sites is 1. The molecule has 2 heterocycles. The van der Waals surface area contributed by atoms with Gasteiger partial charge in [-0.3, -0.25) is 14.0 Å². The largest absolute Gasteiger partial charge is 0.322 e. The predicted octanol–water partition coefficient (Wildman–Crippen LogP) is 1.84. The molecule has 0 aliphatic carbocycles. The minimum Gasteiger partial charge on any atom is -0.322 e. The molecule has 7 nitrogen and oxygen atoms in total. The zero-order valence-corrected chi connectivity index (χ0v) is 15.2. The van der Waals surface area contributed by atoms with Crippen LogP contribution in [0.25, 0.3) is 4.96 Å². The number of nitrogens with zero attached hydrogens (tertiary/aromatic N) is 2. The van der Waals surface area contributed by atoms with Crippen molar-refractivity contribution in [1.82, 2.24) is 9.38 Å². The van der Waals surface area contributed by atoms with Gasteiger partial charge in [0.2, 0.25) is 5.91 Å². The van der Waals surface area contributed by atoms with Crippen molar-refractivity contribution in [3.05, 3.63) is 63.8 Å². The van der Waals surface area contributed by atoms with Gasteiger partial charge in [0, 0.05) is 17.6 Å². The van der Waals surface area contributed by atoms with Gasteiger partial charge in [0.1, 0.15) is 11.1 Å². The van der Waals surface area contributed by atoms with Crippen LogP contribution in [0.3, 0.4) is 0 Å². The number of benzene rings is 1. The summed E-state index contributed by atoms with van der Waals surface area (Å²) in [5.74, 6) is -2.09. The maximum atomic E-state index is 13.6. The van der Waals surface area contributed by atoms with Crippen LogP contribution in [0.5, 0.6) is 0 Å². The smallest absolute Gasteiger partial charge is 0.258 e. The van der Waals surface area contributed by atoms with Crippen LogP contribution in [-0.2, 0) is 20.4 Å². The van der Waals surface area contributed by atoms with Gasteiger partial charge in [-0.15, -0.1) is 11.3 Å². The number of carbonyl (C=O) groups excluding carboxylic acids is 1. The van der Waals surface area contributed by atoms with E-state index in [0.717, 1.165) is 12.1 Å². The standard InChI is InChI=1S/C16H14FN3O4S2/c1-10(15(22)19-13-5-3-2-4-12(13)17)26(23,24)9-11-8-14(21)20-6-7-25-16(20)18-11/h2-8,10H,9H2,1H3,(H,19,22)/t10-/m0/s1. The van der Waals surface area contributed by atoms with E-state index in [1.54, 1.807) is 5.38 Å². The molecule has 1 amide bonds. The van der Waals surface area contributed by atoms with Crippen molar-refractivity contribution in [3.8, 4) is 0 Å². The molecule has 2 aromatic heterocycles. The van der Waals surface area contributed by atoms with Crippen LogP contribution < -0.4 is 10.9 Å². The topological polar surface area (TPSA) is 97.6 Å². The maximum absolute atomic E-state index is 13.6. The normalized spacial score (nSPS) is 12.8. The molecule has 1 N–H and O–H groups in total. The van der Waals surface area contributed by atoms with Crippen molar-refractivity contribution in [2.45, 2.75) is 17.9 Å². The van der Waals surface area contributed by atoms with Gasteiger partial charge in [-0.25, -0.2) is 17.8 Å².